The lowest BCUT2D eigenvalue weighted by atomic mass is 9.97. The van der Waals surface area contributed by atoms with E-state index in [4.69, 9.17) is 9.47 Å². The molecule has 2 aromatic carbocycles. The Morgan fingerprint density at radius 1 is 1.21 bits per heavy atom. The number of amides is 1. The number of benzene rings is 2. The van der Waals surface area contributed by atoms with Crippen LogP contribution in [0.5, 0.6) is 11.5 Å². The van der Waals surface area contributed by atoms with Gasteiger partial charge in [-0.25, -0.2) is 4.79 Å². The van der Waals surface area contributed by atoms with E-state index < -0.39 is 18.3 Å². The quantitative estimate of drug-likeness (QED) is 0.483. The smallest absolute Gasteiger partial charge is 0.407 e. The number of methoxy groups -OCH3 is 1. The lowest BCUT2D eigenvalue weighted by molar-refractivity contribution is 0.0132. The molecule has 0 aliphatic carbocycles. The molecule has 0 aliphatic heterocycles. The number of aliphatic hydroxyl groups excluding tert-OH is 2. The standard InChI is InChI=1S/C20H23NO7/c1-27-18-9-14(11-22)15(10-17(18)24)19(25)16(23)7-8-21-20(26)28-12-13-5-3-2-4-6-13/h2-6,9-11,16,19,23-25H,7-8,12H2,1H3,(H,21,26). The molecule has 28 heavy (non-hydrogen) atoms. The molecule has 0 spiro atoms. The number of nitrogens with one attached hydrogen (secondary N) is 1. The second-order valence-corrected chi connectivity index (χ2v) is 6.06. The van der Waals surface area contributed by atoms with Crippen molar-refractivity contribution in [3.63, 3.8) is 0 Å². The van der Waals surface area contributed by atoms with E-state index in [0.29, 0.717) is 6.29 Å². The molecule has 0 bridgehead atoms. The van der Waals surface area contributed by atoms with Crippen LogP contribution in [0.3, 0.4) is 0 Å². The molecule has 0 fully saturated rings. The van der Waals surface area contributed by atoms with Crippen LogP contribution in [0.2, 0.25) is 0 Å². The molecule has 1 amide bonds. The second-order valence-electron chi connectivity index (χ2n) is 6.06. The summed E-state index contributed by atoms with van der Waals surface area (Å²) in [5, 5.41) is 32.8. The van der Waals surface area contributed by atoms with E-state index >= 15 is 0 Å². The van der Waals surface area contributed by atoms with Gasteiger partial charge >= 0.3 is 6.09 Å². The average Bonchev–Trinajstić information content (AvgIpc) is 2.72. The maximum absolute atomic E-state index is 11.7. The summed E-state index contributed by atoms with van der Waals surface area (Å²) in [5.74, 6) is -0.188. The molecule has 0 saturated carbocycles. The largest absolute Gasteiger partial charge is 0.504 e. The fourth-order valence-corrected chi connectivity index (χ4v) is 2.58. The van der Waals surface area contributed by atoms with Crippen LogP contribution in [-0.4, -0.2) is 47.5 Å². The Labute approximate surface area is 162 Å². The predicted octanol–water partition coefficient (Wildman–Crippen LogP) is 1.92. The number of carbonyl (C=O) groups is 2. The second kappa shape index (κ2) is 10.3. The number of ether oxygens (including phenoxy) is 2. The molecule has 2 atom stereocenters. The van der Waals surface area contributed by atoms with E-state index in [1.165, 1.54) is 13.2 Å². The van der Waals surface area contributed by atoms with Gasteiger partial charge < -0.3 is 30.1 Å². The Hall–Kier alpha value is -3.10. The highest BCUT2D eigenvalue weighted by atomic mass is 16.5. The summed E-state index contributed by atoms with van der Waals surface area (Å²) in [5.41, 5.74) is 0.984. The lowest BCUT2D eigenvalue weighted by Crippen LogP contribution is -2.30. The Bertz CT molecular complexity index is 795. The fraction of sp³-hybridized carbons (Fsp3) is 0.300. The number of aliphatic hydroxyl groups is 2. The zero-order valence-corrected chi connectivity index (χ0v) is 15.4. The Balaban J connectivity index is 1.85. The Morgan fingerprint density at radius 3 is 2.57 bits per heavy atom. The first kappa shape index (κ1) is 21.2. The SMILES string of the molecule is COc1cc(C=O)c(C(O)C(O)CCNC(=O)OCc2ccccc2)cc1O. The third kappa shape index (κ3) is 5.70. The normalized spacial score (nSPS) is 12.7. The van der Waals surface area contributed by atoms with E-state index in [1.807, 2.05) is 30.3 Å². The van der Waals surface area contributed by atoms with Gasteiger partial charge in [0.2, 0.25) is 0 Å². The Kier molecular flexibility index (Phi) is 7.79. The van der Waals surface area contributed by atoms with Crippen LogP contribution in [0.4, 0.5) is 4.79 Å². The van der Waals surface area contributed by atoms with Crippen molar-refractivity contribution in [3.05, 3.63) is 59.2 Å². The van der Waals surface area contributed by atoms with Crippen molar-refractivity contribution in [2.75, 3.05) is 13.7 Å². The third-order valence-corrected chi connectivity index (χ3v) is 4.12. The first-order valence-corrected chi connectivity index (χ1v) is 8.63. The molecule has 2 unspecified atom stereocenters. The first-order chi connectivity index (χ1) is 13.5. The topological polar surface area (TPSA) is 125 Å². The summed E-state index contributed by atoms with van der Waals surface area (Å²) in [7, 11) is 1.33. The van der Waals surface area contributed by atoms with Gasteiger partial charge in [-0.05, 0) is 29.7 Å². The number of rotatable bonds is 9. The zero-order valence-electron chi connectivity index (χ0n) is 15.4. The number of phenolic OH excluding ortho intramolecular Hbond substituents is 1. The molecule has 2 rings (SSSR count). The third-order valence-electron chi connectivity index (χ3n) is 4.12. The van der Waals surface area contributed by atoms with E-state index in [-0.39, 0.29) is 42.2 Å². The monoisotopic (exact) mass is 389 g/mol. The molecular weight excluding hydrogens is 366 g/mol. The van der Waals surface area contributed by atoms with Crippen molar-refractivity contribution in [3.8, 4) is 11.5 Å². The summed E-state index contributed by atoms with van der Waals surface area (Å²) in [6.07, 6.45) is -2.86. The molecule has 0 aromatic heterocycles. The molecule has 0 aliphatic rings. The van der Waals surface area contributed by atoms with Crippen LogP contribution in [0.25, 0.3) is 0 Å². The van der Waals surface area contributed by atoms with Gasteiger partial charge in [0, 0.05) is 12.1 Å². The van der Waals surface area contributed by atoms with Gasteiger partial charge in [-0.3, -0.25) is 4.79 Å². The molecule has 150 valence electrons. The summed E-state index contributed by atoms with van der Waals surface area (Å²) < 4.78 is 9.96. The zero-order chi connectivity index (χ0) is 20.5. The molecule has 8 nitrogen and oxygen atoms in total. The summed E-state index contributed by atoms with van der Waals surface area (Å²) in [4.78, 5) is 22.9. The Morgan fingerprint density at radius 2 is 1.93 bits per heavy atom. The molecule has 4 N–H and O–H groups in total. The van der Waals surface area contributed by atoms with Gasteiger partial charge in [0.1, 0.15) is 12.7 Å². The number of alkyl carbamates (subject to hydrolysis) is 1. The number of aldehydes is 1. The summed E-state index contributed by atoms with van der Waals surface area (Å²) in [6.45, 7) is 0.163. The number of hydrogen-bond acceptors (Lipinski definition) is 7. The van der Waals surface area contributed by atoms with Crippen molar-refractivity contribution in [2.24, 2.45) is 0 Å². The van der Waals surface area contributed by atoms with Crippen molar-refractivity contribution >= 4 is 12.4 Å². The molecule has 2 aromatic rings. The lowest BCUT2D eigenvalue weighted by Gasteiger charge is -2.20. The number of carbonyl (C=O) groups excluding carboxylic acids is 2. The molecule has 8 heteroatoms. The number of aromatic hydroxyl groups is 1. The van der Waals surface area contributed by atoms with Gasteiger partial charge in [0.25, 0.3) is 0 Å². The van der Waals surface area contributed by atoms with E-state index in [2.05, 4.69) is 5.32 Å². The number of hydrogen-bond donors (Lipinski definition) is 4. The first-order valence-electron chi connectivity index (χ1n) is 8.63. The minimum absolute atomic E-state index is 0.00664. The number of phenols is 1. The fourth-order valence-electron chi connectivity index (χ4n) is 2.58. The van der Waals surface area contributed by atoms with Crippen LogP contribution in [-0.2, 0) is 11.3 Å². The molecular formula is C20H23NO7. The van der Waals surface area contributed by atoms with E-state index in [0.717, 1.165) is 11.6 Å². The van der Waals surface area contributed by atoms with Crippen LogP contribution < -0.4 is 10.1 Å². The van der Waals surface area contributed by atoms with Crippen LogP contribution in [0, 0.1) is 0 Å². The van der Waals surface area contributed by atoms with Gasteiger partial charge in [-0.1, -0.05) is 30.3 Å². The maximum atomic E-state index is 11.7. The van der Waals surface area contributed by atoms with Crippen molar-refractivity contribution in [2.45, 2.75) is 25.2 Å². The van der Waals surface area contributed by atoms with Gasteiger partial charge in [-0.2, -0.15) is 0 Å². The van der Waals surface area contributed by atoms with E-state index in [9.17, 15) is 24.9 Å². The van der Waals surface area contributed by atoms with E-state index in [1.54, 1.807) is 0 Å². The van der Waals surface area contributed by atoms with Gasteiger partial charge in [0.05, 0.1) is 13.2 Å². The van der Waals surface area contributed by atoms with Crippen molar-refractivity contribution in [1.82, 2.24) is 5.32 Å². The van der Waals surface area contributed by atoms with Crippen LogP contribution in [0.1, 0.15) is 34.0 Å². The van der Waals surface area contributed by atoms with Crippen molar-refractivity contribution in [1.29, 1.82) is 0 Å². The predicted molar refractivity (Wildman–Crippen MR) is 100 cm³/mol. The van der Waals surface area contributed by atoms with Crippen LogP contribution in [0.15, 0.2) is 42.5 Å². The molecule has 0 saturated heterocycles. The minimum atomic E-state index is -1.43. The van der Waals surface area contributed by atoms with Crippen LogP contribution >= 0.6 is 0 Å². The van der Waals surface area contributed by atoms with Gasteiger partial charge in [-0.15, -0.1) is 0 Å². The highest BCUT2D eigenvalue weighted by Gasteiger charge is 2.23. The highest BCUT2D eigenvalue weighted by molar-refractivity contribution is 5.79. The highest BCUT2D eigenvalue weighted by Crippen LogP contribution is 2.33. The molecule has 0 heterocycles. The van der Waals surface area contributed by atoms with Crippen molar-refractivity contribution < 1.29 is 34.4 Å². The maximum Gasteiger partial charge on any atom is 0.407 e. The minimum Gasteiger partial charge on any atom is -0.504 e. The average molecular weight is 389 g/mol. The van der Waals surface area contributed by atoms with Gasteiger partial charge in [0.15, 0.2) is 17.8 Å². The molecule has 0 radical (unpaired) electrons. The summed E-state index contributed by atoms with van der Waals surface area (Å²) in [6, 6.07) is 11.6. The summed E-state index contributed by atoms with van der Waals surface area (Å²) >= 11 is 0.